The minimum atomic E-state index is 0.640. The van der Waals surface area contributed by atoms with Gasteiger partial charge in [-0.1, -0.05) is 23.2 Å². The molecule has 13 heavy (non-hydrogen) atoms. The Labute approximate surface area is 93.0 Å². The Morgan fingerprint density at radius 3 is 2.23 bits per heavy atom. The van der Waals surface area contributed by atoms with Crippen LogP contribution in [-0.4, -0.2) is 12.4 Å². The molecule has 1 aromatic rings. The first-order chi connectivity index (χ1) is 6.22. The molecule has 0 saturated heterocycles. The van der Waals surface area contributed by atoms with E-state index in [1.54, 1.807) is 6.07 Å². The first kappa shape index (κ1) is 11.0. The van der Waals surface area contributed by atoms with Crippen molar-refractivity contribution in [1.82, 2.24) is 0 Å². The zero-order chi connectivity index (χ0) is 9.68. The largest absolute Gasteiger partial charge is 0.385 e. The highest BCUT2D eigenvalue weighted by Crippen LogP contribution is 2.22. The van der Waals surface area contributed by atoms with Crippen LogP contribution < -0.4 is 5.32 Å². The summed E-state index contributed by atoms with van der Waals surface area (Å²) in [4.78, 5) is 0. The average molecular weight is 239 g/mol. The maximum absolute atomic E-state index is 5.81. The van der Waals surface area contributed by atoms with Gasteiger partial charge in [0.25, 0.3) is 0 Å². The third-order valence-electron chi connectivity index (χ3n) is 1.50. The fraction of sp³-hybridized carbons (Fsp3) is 0.333. The van der Waals surface area contributed by atoms with Crippen molar-refractivity contribution >= 4 is 40.5 Å². The SMILES string of the molecule is ClCCCNc1cc(Cl)cc(Cl)c1. The maximum atomic E-state index is 5.81. The molecule has 72 valence electrons. The fourth-order valence-electron chi connectivity index (χ4n) is 0.955. The van der Waals surface area contributed by atoms with E-state index in [0.29, 0.717) is 15.9 Å². The molecule has 0 aromatic heterocycles. The highest BCUT2D eigenvalue weighted by Gasteiger charge is 1.96. The number of rotatable bonds is 4. The molecular formula is C9H10Cl3N. The van der Waals surface area contributed by atoms with Crippen molar-refractivity contribution in [2.45, 2.75) is 6.42 Å². The number of alkyl halides is 1. The second-order valence-electron chi connectivity index (χ2n) is 2.63. The summed E-state index contributed by atoms with van der Waals surface area (Å²) >= 11 is 17.2. The predicted octanol–water partition coefficient (Wildman–Crippen LogP) is 4.03. The standard InChI is InChI=1S/C9H10Cl3N/c10-2-1-3-13-9-5-7(11)4-8(12)6-9/h4-6,13H,1-3H2. The number of halogens is 3. The molecule has 0 aliphatic rings. The van der Waals surface area contributed by atoms with E-state index in [4.69, 9.17) is 34.8 Å². The lowest BCUT2D eigenvalue weighted by molar-refractivity contribution is 0.987. The van der Waals surface area contributed by atoms with Crippen LogP contribution in [0.2, 0.25) is 10.0 Å². The summed E-state index contributed by atoms with van der Waals surface area (Å²) in [7, 11) is 0. The summed E-state index contributed by atoms with van der Waals surface area (Å²) < 4.78 is 0. The van der Waals surface area contributed by atoms with Gasteiger partial charge >= 0.3 is 0 Å². The van der Waals surface area contributed by atoms with Gasteiger partial charge in [-0.25, -0.2) is 0 Å². The van der Waals surface area contributed by atoms with Gasteiger partial charge in [0.15, 0.2) is 0 Å². The first-order valence-corrected chi connectivity index (χ1v) is 5.27. The molecule has 1 nitrogen and oxygen atoms in total. The smallest absolute Gasteiger partial charge is 0.0441 e. The minimum absolute atomic E-state index is 0.640. The number of nitrogens with one attached hydrogen (secondary N) is 1. The Balaban J connectivity index is 2.56. The van der Waals surface area contributed by atoms with Gasteiger partial charge in [0.2, 0.25) is 0 Å². The lowest BCUT2D eigenvalue weighted by Crippen LogP contribution is -2.01. The van der Waals surface area contributed by atoms with Crippen molar-refractivity contribution < 1.29 is 0 Å². The Hall–Kier alpha value is -0.110. The summed E-state index contributed by atoms with van der Waals surface area (Å²) in [5, 5.41) is 4.45. The number of benzene rings is 1. The maximum Gasteiger partial charge on any atom is 0.0441 e. The van der Waals surface area contributed by atoms with Crippen LogP contribution in [0.4, 0.5) is 5.69 Å². The van der Waals surface area contributed by atoms with E-state index < -0.39 is 0 Å². The van der Waals surface area contributed by atoms with E-state index in [1.807, 2.05) is 12.1 Å². The first-order valence-electron chi connectivity index (χ1n) is 3.98. The number of hydrogen-bond acceptors (Lipinski definition) is 1. The van der Waals surface area contributed by atoms with Gasteiger partial charge < -0.3 is 5.32 Å². The molecule has 0 fully saturated rings. The summed E-state index contributed by atoms with van der Waals surface area (Å²) in [6, 6.07) is 5.37. The van der Waals surface area contributed by atoms with Crippen LogP contribution in [0.3, 0.4) is 0 Å². The van der Waals surface area contributed by atoms with Gasteiger partial charge in [-0.15, -0.1) is 11.6 Å². The van der Waals surface area contributed by atoms with Crippen molar-refractivity contribution in [2.24, 2.45) is 0 Å². The average Bonchev–Trinajstić information content (AvgIpc) is 2.03. The predicted molar refractivity (Wildman–Crippen MR) is 60.3 cm³/mol. The molecule has 0 spiro atoms. The second kappa shape index (κ2) is 5.58. The molecule has 0 radical (unpaired) electrons. The quantitative estimate of drug-likeness (QED) is 0.617. The minimum Gasteiger partial charge on any atom is -0.385 e. The van der Waals surface area contributed by atoms with Crippen LogP contribution >= 0.6 is 34.8 Å². The molecule has 0 aliphatic heterocycles. The molecule has 0 amide bonds. The molecular weight excluding hydrogens is 228 g/mol. The number of anilines is 1. The fourth-order valence-corrected chi connectivity index (χ4v) is 1.62. The Bertz CT molecular complexity index is 255. The van der Waals surface area contributed by atoms with E-state index in [1.165, 1.54) is 0 Å². The van der Waals surface area contributed by atoms with Gasteiger partial charge in [-0.05, 0) is 24.6 Å². The second-order valence-corrected chi connectivity index (χ2v) is 3.88. The van der Waals surface area contributed by atoms with Gasteiger partial charge in [0, 0.05) is 28.2 Å². The van der Waals surface area contributed by atoms with E-state index in [0.717, 1.165) is 18.7 Å². The number of hydrogen-bond donors (Lipinski definition) is 1. The molecule has 1 aromatic carbocycles. The summed E-state index contributed by atoms with van der Waals surface area (Å²) in [6.45, 7) is 0.834. The van der Waals surface area contributed by atoms with Crippen molar-refractivity contribution in [3.63, 3.8) is 0 Å². The molecule has 0 unspecified atom stereocenters. The van der Waals surface area contributed by atoms with Crippen LogP contribution in [0.1, 0.15) is 6.42 Å². The highest BCUT2D eigenvalue weighted by molar-refractivity contribution is 6.35. The van der Waals surface area contributed by atoms with Crippen LogP contribution in [0.5, 0.6) is 0 Å². The van der Waals surface area contributed by atoms with Crippen molar-refractivity contribution in [3.05, 3.63) is 28.2 Å². The summed E-state index contributed by atoms with van der Waals surface area (Å²) in [5.41, 5.74) is 0.933. The Morgan fingerprint density at radius 2 is 1.69 bits per heavy atom. The van der Waals surface area contributed by atoms with Gasteiger partial charge in [-0.3, -0.25) is 0 Å². The lowest BCUT2D eigenvalue weighted by atomic mass is 10.3. The summed E-state index contributed by atoms with van der Waals surface area (Å²) in [5.74, 6) is 0.654. The topological polar surface area (TPSA) is 12.0 Å². The zero-order valence-corrected chi connectivity index (χ0v) is 9.26. The molecule has 1 rings (SSSR count). The molecule has 4 heteroatoms. The molecule has 0 aliphatic carbocycles. The lowest BCUT2D eigenvalue weighted by Gasteiger charge is -2.05. The molecule has 0 saturated carbocycles. The van der Waals surface area contributed by atoms with E-state index in [9.17, 15) is 0 Å². The molecule has 0 atom stereocenters. The van der Waals surface area contributed by atoms with Crippen molar-refractivity contribution in [2.75, 3.05) is 17.7 Å². The Kier molecular flexibility index (Phi) is 4.71. The van der Waals surface area contributed by atoms with Crippen LogP contribution in [0.25, 0.3) is 0 Å². The Morgan fingerprint density at radius 1 is 1.08 bits per heavy atom. The van der Waals surface area contributed by atoms with E-state index in [-0.39, 0.29) is 0 Å². The van der Waals surface area contributed by atoms with E-state index in [2.05, 4.69) is 5.32 Å². The monoisotopic (exact) mass is 237 g/mol. The van der Waals surface area contributed by atoms with Gasteiger partial charge in [0.05, 0.1) is 0 Å². The van der Waals surface area contributed by atoms with Crippen LogP contribution in [0, 0.1) is 0 Å². The van der Waals surface area contributed by atoms with Crippen LogP contribution in [-0.2, 0) is 0 Å². The zero-order valence-electron chi connectivity index (χ0n) is 6.99. The normalized spacial score (nSPS) is 10.1. The van der Waals surface area contributed by atoms with Crippen molar-refractivity contribution in [3.8, 4) is 0 Å². The summed E-state index contributed by atoms with van der Waals surface area (Å²) in [6.07, 6.45) is 0.922. The van der Waals surface area contributed by atoms with Crippen molar-refractivity contribution in [1.29, 1.82) is 0 Å². The third-order valence-corrected chi connectivity index (χ3v) is 2.21. The molecule has 0 heterocycles. The van der Waals surface area contributed by atoms with Gasteiger partial charge in [-0.2, -0.15) is 0 Å². The highest BCUT2D eigenvalue weighted by atomic mass is 35.5. The van der Waals surface area contributed by atoms with Crippen LogP contribution in [0.15, 0.2) is 18.2 Å². The third kappa shape index (κ3) is 4.08. The molecule has 1 N–H and O–H groups in total. The van der Waals surface area contributed by atoms with Gasteiger partial charge in [0.1, 0.15) is 0 Å². The molecule has 0 bridgehead atoms. The van der Waals surface area contributed by atoms with E-state index >= 15 is 0 Å².